The Hall–Kier alpha value is -3.11. The van der Waals surface area contributed by atoms with Crippen molar-refractivity contribution in [2.45, 2.75) is 38.0 Å². The highest BCUT2D eigenvalue weighted by Gasteiger charge is 2.37. The van der Waals surface area contributed by atoms with Crippen LogP contribution in [0, 0.1) is 0 Å². The maximum absolute atomic E-state index is 12.5. The Kier molecular flexibility index (Phi) is 6.35. The van der Waals surface area contributed by atoms with E-state index in [9.17, 15) is 22.8 Å². The van der Waals surface area contributed by atoms with Crippen molar-refractivity contribution in [3.05, 3.63) is 42.4 Å². The number of alkyl halides is 3. The fourth-order valence-electron chi connectivity index (χ4n) is 3.04. The van der Waals surface area contributed by atoms with Crippen molar-refractivity contribution in [3.8, 4) is 0 Å². The minimum absolute atomic E-state index is 0.162. The van der Waals surface area contributed by atoms with E-state index in [1.54, 1.807) is 29.3 Å². The van der Waals surface area contributed by atoms with E-state index in [-0.39, 0.29) is 6.54 Å². The van der Waals surface area contributed by atoms with Crippen molar-refractivity contribution in [2.24, 2.45) is 0 Å². The van der Waals surface area contributed by atoms with Gasteiger partial charge in [-0.2, -0.15) is 18.3 Å². The Labute approximate surface area is 164 Å². The Morgan fingerprint density at radius 2 is 2.00 bits per heavy atom. The van der Waals surface area contributed by atoms with Gasteiger partial charge in [0.25, 0.3) is 0 Å². The van der Waals surface area contributed by atoms with Crippen LogP contribution in [0.15, 0.2) is 36.8 Å². The molecule has 2 amide bonds. The first-order valence-corrected chi connectivity index (χ1v) is 9.05. The SMILES string of the molecule is O=C(Nc1ccn(CCc2ccncc2)n1)C1CCCN1C(=O)OCC(F)(F)F. The lowest BCUT2D eigenvalue weighted by molar-refractivity contribution is -0.162. The summed E-state index contributed by atoms with van der Waals surface area (Å²) < 4.78 is 42.6. The molecule has 11 heteroatoms. The third kappa shape index (κ3) is 5.93. The van der Waals surface area contributed by atoms with Gasteiger partial charge in [-0.15, -0.1) is 0 Å². The Balaban J connectivity index is 1.52. The highest BCUT2D eigenvalue weighted by atomic mass is 19.4. The monoisotopic (exact) mass is 411 g/mol. The lowest BCUT2D eigenvalue weighted by Gasteiger charge is -2.23. The first kappa shape index (κ1) is 20.6. The van der Waals surface area contributed by atoms with Crippen LogP contribution in [-0.2, 0) is 22.5 Å². The maximum Gasteiger partial charge on any atom is 0.422 e. The molecular formula is C18H20F3N5O3. The van der Waals surface area contributed by atoms with Gasteiger partial charge in [-0.1, -0.05) is 0 Å². The molecule has 29 heavy (non-hydrogen) atoms. The second-order valence-electron chi connectivity index (χ2n) is 6.58. The van der Waals surface area contributed by atoms with Gasteiger partial charge < -0.3 is 10.1 Å². The summed E-state index contributed by atoms with van der Waals surface area (Å²) in [4.78, 5) is 29.3. The van der Waals surface area contributed by atoms with Crippen LogP contribution >= 0.6 is 0 Å². The highest BCUT2D eigenvalue weighted by molar-refractivity contribution is 5.96. The highest BCUT2D eigenvalue weighted by Crippen LogP contribution is 2.21. The number of ether oxygens (including phenoxy) is 1. The van der Waals surface area contributed by atoms with Gasteiger partial charge in [-0.3, -0.25) is 19.4 Å². The molecule has 1 aliphatic rings. The van der Waals surface area contributed by atoms with Gasteiger partial charge in [0.1, 0.15) is 6.04 Å². The molecule has 1 unspecified atom stereocenters. The van der Waals surface area contributed by atoms with E-state index in [1.807, 2.05) is 12.1 Å². The Morgan fingerprint density at radius 1 is 1.24 bits per heavy atom. The van der Waals surface area contributed by atoms with E-state index in [1.165, 1.54) is 0 Å². The molecular weight excluding hydrogens is 391 g/mol. The summed E-state index contributed by atoms with van der Waals surface area (Å²) in [6.07, 6.45) is 0.933. The van der Waals surface area contributed by atoms with Crippen LogP contribution in [0.3, 0.4) is 0 Å². The summed E-state index contributed by atoms with van der Waals surface area (Å²) in [5.74, 6) is -0.203. The summed E-state index contributed by atoms with van der Waals surface area (Å²) in [5, 5.41) is 6.87. The predicted molar refractivity (Wildman–Crippen MR) is 95.9 cm³/mol. The fraction of sp³-hybridized carbons (Fsp3) is 0.444. The first-order chi connectivity index (χ1) is 13.8. The molecule has 0 saturated carbocycles. The number of aromatic nitrogens is 3. The van der Waals surface area contributed by atoms with E-state index in [0.29, 0.717) is 25.2 Å². The molecule has 1 N–H and O–H groups in total. The zero-order valence-corrected chi connectivity index (χ0v) is 15.4. The number of anilines is 1. The molecule has 2 aromatic rings. The molecule has 0 spiro atoms. The molecule has 3 rings (SSSR count). The lowest BCUT2D eigenvalue weighted by atomic mass is 10.2. The van der Waals surface area contributed by atoms with E-state index in [2.05, 4.69) is 20.1 Å². The number of pyridine rings is 1. The van der Waals surface area contributed by atoms with Gasteiger partial charge >= 0.3 is 12.3 Å². The number of hydrogen-bond acceptors (Lipinski definition) is 5. The molecule has 1 fully saturated rings. The number of aryl methyl sites for hydroxylation is 2. The van der Waals surface area contributed by atoms with Gasteiger partial charge in [-0.25, -0.2) is 4.79 Å². The van der Waals surface area contributed by atoms with Crippen LogP contribution in [0.25, 0.3) is 0 Å². The minimum Gasteiger partial charge on any atom is -0.440 e. The molecule has 1 aliphatic heterocycles. The number of likely N-dealkylation sites (tertiary alicyclic amines) is 1. The zero-order valence-electron chi connectivity index (χ0n) is 15.4. The molecule has 0 aromatic carbocycles. The predicted octanol–water partition coefficient (Wildman–Crippen LogP) is 2.62. The Morgan fingerprint density at radius 3 is 2.72 bits per heavy atom. The zero-order chi connectivity index (χ0) is 20.9. The molecule has 1 atom stereocenters. The van der Waals surface area contributed by atoms with Gasteiger partial charge in [-0.05, 0) is 37.0 Å². The molecule has 156 valence electrons. The number of rotatable bonds is 6. The van der Waals surface area contributed by atoms with Gasteiger partial charge in [0.2, 0.25) is 5.91 Å². The van der Waals surface area contributed by atoms with Crippen LogP contribution in [0.2, 0.25) is 0 Å². The van der Waals surface area contributed by atoms with E-state index in [0.717, 1.165) is 16.9 Å². The summed E-state index contributed by atoms with van der Waals surface area (Å²) in [6, 6.07) is 4.53. The Bertz CT molecular complexity index is 841. The van der Waals surface area contributed by atoms with Gasteiger partial charge in [0.05, 0.1) is 0 Å². The lowest BCUT2D eigenvalue weighted by Crippen LogP contribution is -2.44. The quantitative estimate of drug-likeness (QED) is 0.789. The first-order valence-electron chi connectivity index (χ1n) is 9.05. The van der Waals surface area contributed by atoms with E-state index in [4.69, 9.17) is 0 Å². The van der Waals surface area contributed by atoms with Crippen LogP contribution in [0.1, 0.15) is 18.4 Å². The van der Waals surface area contributed by atoms with Crippen molar-refractivity contribution >= 4 is 17.8 Å². The number of nitrogens with zero attached hydrogens (tertiary/aromatic N) is 4. The molecule has 3 heterocycles. The van der Waals surface area contributed by atoms with Gasteiger partial charge in [0, 0.05) is 37.7 Å². The van der Waals surface area contributed by atoms with Crippen LogP contribution < -0.4 is 5.32 Å². The standard InChI is InChI=1S/C18H20F3N5O3/c19-18(20,21)12-29-17(28)26-9-1-2-14(26)16(27)23-15-6-11-25(24-15)10-5-13-3-7-22-8-4-13/h3-4,6-8,11,14H,1-2,5,9-10,12H2,(H,23,24,27). The van der Waals surface area contributed by atoms with E-state index < -0.39 is 30.8 Å². The van der Waals surface area contributed by atoms with Crippen LogP contribution in [-0.4, -0.2) is 57.0 Å². The number of carbonyl (C=O) groups excluding carboxylic acids is 2. The molecule has 1 saturated heterocycles. The van der Waals surface area contributed by atoms with E-state index >= 15 is 0 Å². The number of halogens is 3. The molecule has 0 bridgehead atoms. The van der Waals surface area contributed by atoms with Crippen LogP contribution in [0.5, 0.6) is 0 Å². The second kappa shape index (κ2) is 8.93. The van der Waals surface area contributed by atoms with Crippen molar-refractivity contribution in [2.75, 3.05) is 18.5 Å². The van der Waals surface area contributed by atoms with Crippen molar-refractivity contribution in [1.82, 2.24) is 19.7 Å². The fourth-order valence-corrected chi connectivity index (χ4v) is 3.04. The number of hydrogen-bond donors (Lipinski definition) is 1. The molecule has 2 aromatic heterocycles. The third-order valence-corrected chi connectivity index (χ3v) is 4.42. The molecule has 0 radical (unpaired) electrons. The van der Waals surface area contributed by atoms with Crippen LogP contribution in [0.4, 0.5) is 23.8 Å². The normalized spacial score (nSPS) is 16.7. The largest absolute Gasteiger partial charge is 0.440 e. The number of nitrogens with one attached hydrogen (secondary N) is 1. The summed E-state index contributed by atoms with van der Waals surface area (Å²) >= 11 is 0. The summed E-state index contributed by atoms with van der Waals surface area (Å²) in [7, 11) is 0. The molecule has 8 nitrogen and oxygen atoms in total. The second-order valence-corrected chi connectivity index (χ2v) is 6.58. The average molecular weight is 411 g/mol. The minimum atomic E-state index is -4.61. The summed E-state index contributed by atoms with van der Waals surface area (Å²) in [6.45, 7) is -0.924. The smallest absolute Gasteiger partial charge is 0.422 e. The molecule has 0 aliphatic carbocycles. The topological polar surface area (TPSA) is 89.4 Å². The maximum atomic E-state index is 12.5. The van der Waals surface area contributed by atoms with Gasteiger partial charge in [0.15, 0.2) is 12.4 Å². The average Bonchev–Trinajstić information content (AvgIpc) is 3.34. The summed E-state index contributed by atoms with van der Waals surface area (Å²) in [5.41, 5.74) is 1.10. The van der Waals surface area contributed by atoms with Crippen molar-refractivity contribution < 1.29 is 27.5 Å². The van der Waals surface area contributed by atoms with Crippen molar-refractivity contribution in [1.29, 1.82) is 0 Å². The number of carbonyl (C=O) groups is 2. The number of amides is 2. The van der Waals surface area contributed by atoms with Crippen molar-refractivity contribution in [3.63, 3.8) is 0 Å². The third-order valence-electron chi connectivity index (χ3n) is 4.42.